The number of ether oxygens (including phenoxy) is 2. The number of hydrogen-bond donors (Lipinski definition) is 7. The van der Waals surface area contributed by atoms with E-state index >= 15 is 0 Å². The summed E-state index contributed by atoms with van der Waals surface area (Å²) >= 11 is 1.28. The Bertz CT molecular complexity index is 554. The van der Waals surface area contributed by atoms with Gasteiger partial charge in [0.25, 0.3) is 0 Å². The Kier molecular flexibility index (Phi) is 11.4. The fraction of sp³-hybridized carbons (Fsp3) is 0.812. The summed E-state index contributed by atoms with van der Waals surface area (Å²) in [5.74, 6) is -2.09. The molecule has 1 fully saturated rings. The lowest BCUT2D eigenvalue weighted by Crippen LogP contribution is -2.54. The molecule has 2 amide bonds. The monoisotopic (exact) mass is 439 g/mol. The third kappa shape index (κ3) is 8.42. The van der Waals surface area contributed by atoms with Gasteiger partial charge in [-0.25, -0.2) is 4.79 Å². The molecule has 6 atom stereocenters. The average Bonchev–Trinajstić information content (AvgIpc) is 2.68. The molecule has 0 spiro atoms. The maximum atomic E-state index is 12.2. The predicted molar refractivity (Wildman–Crippen MR) is 102 cm³/mol. The van der Waals surface area contributed by atoms with Crippen LogP contribution in [-0.4, -0.2) is 114 Å². The van der Waals surface area contributed by atoms with E-state index in [1.807, 2.05) is 0 Å². The minimum absolute atomic E-state index is 0.0709. The van der Waals surface area contributed by atoms with Crippen molar-refractivity contribution in [3.05, 3.63) is 0 Å². The molecular weight excluding hydrogens is 410 g/mol. The van der Waals surface area contributed by atoms with Crippen LogP contribution in [0.3, 0.4) is 0 Å². The molecule has 0 aromatic rings. The maximum absolute atomic E-state index is 12.2. The largest absolute Gasteiger partial charge is 0.480 e. The molecule has 168 valence electrons. The molecule has 1 aliphatic heterocycles. The predicted octanol–water partition coefficient (Wildman–Crippen LogP) is -3.53. The van der Waals surface area contributed by atoms with Gasteiger partial charge >= 0.3 is 5.97 Å². The van der Waals surface area contributed by atoms with Crippen LogP contribution in [0.5, 0.6) is 0 Å². The molecule has 1 aliphatic rings. The van der Waals surface area contributed by atoms with Crippen molar-refractivity contribution in [2.24, 2.45) is 0 Å². The first kappa shape index (κ1) is 25.6. The van der Waals surface area contributed by atoms with Crippen molar-refractivity contribution in [2.75, 3.05) is 38.8 Å². The molecule has 13 heteroatoms. The molecule has 1 rings (SSSR count). The SMILES string of the molecule is CN[C@@H](CNC(=O)COC1C[C@@H](O)C(O)C(CO)O1)C(=O)N[C@H](CSC)C(=O)O. The number of rotatable bonds is 12. The van der Waals surface area contributed by atoms with Crippen molar-refractivity contribution in [2.45, 2.75) is 43.1 Å². The van der Waals surface area contributed by atoms with Crippen molar-refractivity contribution >= 4 is 29.5 Å². The van der Waals surface area contributed by atoms with E-state index < -0.39 is 67.7 Å². The molecule has 3 unspecified atom stereocenters. The van der Waals surface area contributed by atoms with Gasteiger partial charge in [-0.05, 0) is 13.3 Å². The van der Waals surface area contributed by atoms with Gasteiger partial charge in [-0.2, -0.15) is 11.8 Å². The molecule has 0 bridgehead atoms. The standard InChI is InChI=1S/C16H29N3O9S/c1-17-8(15(24)19-9(7-29-2)16(25)26)4-18-12(22)6-27-13-3-10(21)14(23)11(5-20)28-13/h8-11,13-14,17,20-21,23H,3-7H2,1-2H3,(H,18,22)(H,19,24)(H,25,26)/t8-,9+,10+,11?,13?,14?/m0/s1. The third-order valence-corrected chi connectivity index (χ3v) is 4.90. The van der Waals surface area contributed by atoms with Crippen LogP contribution in [0.15, 0.2) is 0 Å². The minimum Gasteiger partial charge on any atom is -0.480 e. The second-order valence-corrected chi connectivity index (χ2v) is 7.30. The summed E-state index contributed by atoms with van der Waals surface area (Å²) in [6.07, 6.45) is -2.76. The molecule has 1 saturated heterocycles. The van der Waals surface area contributed by atoms with Gasteiger partial charge in [0.05, 0.1) is 12.7 Å². The average molecular weight is 439 g/mol. The Hall–Kier alpha value is -1.48. The number of amides is 2. The van der Waals surface area contributed by atoms with Crippen molar-refractivity contribution in [1.29, 1.82) is 0 Å². The van der Waals surface area contributed by atoms with Crippen molar-refractivity contribution in [1.82, 2.24) is 16.0 Å². The number of likely N-dealkylation sites (N-methyl/N-ethyl adjacent to an activating group) is 1. The molecule has 12 nitrogen and oxygen atoms in total. The summed E-state index contributed by atoms with van der Waals surface area (Å²) in [6.45, 7) is -1.06. The van der Waals surface area contributed by atoms with Crippen molar-refractivity contribution < 1.29 is 44.3 Å². The van der Waals surface area contributed by atoms with Gasteiger partial charge in [0, 0.05) is 18.7 Å². The lowest BCUT2D eigenvalue weighted by Gasteiger charge is -2.35. The number of aliphatic hydroxyl groups excluding tert-OH is 3. The molecular formula is C16H29N3O9S. The topological polar surface area (TPSA) is 187 Å². The summed E-state index contributed by atoms with van der Waals surface area (Å²) < 4.78 is 10.5. The smallest absolute Gasteiger partial charge is 0.327 e. The van der Waals surface area contributed by atoms with E-state index in [1.165, 1.54) is 18.8 Å². The van der Waals surface area contributed by atoms with Crippen LogP contribution in [0.2, 0.25) is 0 Å². The molecule has 1 heterocycles. The fourth-order valence-electron chi connectivity index (χ4n) is 2.55. The van der Waals surface area contributed by atoms with Crippen LogP contribution >= 0.6 is 11.8 Å². The van der Waals surface area contributed by atoms with E-state index in [0.29, 0.717) is 0 Å². The number of thioether (sulfide) groups is 1. The highest BCUT2D eigenvalue weighted by Crippen LogP contribution is 2.20. The second kappa shape index (κ2) is 13.0. The Balaban J connectivity index is 2.43. The molecule has 0 aromatic heterocycles. The van der Waals surface area contributed by atoms with E-state index in [4.69, 9.17) is 19.7 Å². The Morgan fingerprint density at radius 2 is 1.97 bits per heavy atom. The lowest BCUT2D eigenvalue weighted by molar-refractivity contribution is -0.255. The minimum atomic E-state index is -1.25. The number of aliphatic hydroxyl groups is 3. The normalized spacial score (nSPS) is 26.4. The van der Waals surface area contributed by atoms with E-state index in [0.717, 1.165) is 0 Å². The molecule has 0 aliphatic carbocycles. The van der Waals surface area contributed by atoms with Gasteiger partial charge in [-0.1, -0.05) is 0 Å². The van der Waals surface area contributed by atoms with Gasteiger partial charge in [0.15, 0.2) is 6.29 Å². The van der Waals surface area contributed by atoms with Crippen LogP contribution in [0.25, 0.3) is 0 Å². The number of carbonyl (C=O) groups is 3. The quantitative estimate of drug-likeness (QED) is 0.160. The molecule has 0 saturated carbocycles. The number of carbonyl (C=O) groups excluding carboxylic acids is 2. The number of nitrogens with one attached hydrogen (secondary N) is 3. The second-order valence-electron chi connectivity index (χ2n) is 6.39. The zero-order valence-electron chi connectivity index (χ0n) is 16.2. The first-order valence-corrected chi connectivity index (χ1v) is 10.3. The van der Waals surface area contributed by atoms with Crippen LogP contribution < -0.4 is 16.0 Å². The number of carboxylic acid groups (broad SMARTS) is 1. The Labute approximate surface area is 172 Å². The van der Waals surface area contributed by atoms with Crippen LogP contribution in [0, 0.1) is 0 Å². The Morgan fingerprint density at radius 1 is 1.28 bits per heavy atom. The van der Waals surface area contributed by atoms with E-state index in [-0.39, 0.29) is 18.7 Å². The lowest BCUT2D eigenvalue weighted by atomic mass is 10.0. The summed E-state index contributed by atoms with van der Waals surface area (Å²) in [5.41, 5.74) is 0. The molecule has 7 N–H and O–H groups in total. The third-order valence-electron chi connectivity index (χ3n) is 4.23. The fourth-order valence-corrected chi connectivity index (χ4v) is 3.11. The molecule has 0 radical (unpaired) electrons. The first-order valence-electron chi connectivity index (χ1n) is 8.93. The maximum Gasteiger partial charge on any atom is 0.327 e. The highest BCUT2D eigenvalue weighted by atomic mass is 32.2. The number of carboxylic acids is 1. The van der Waals surface area contributed by atoms with Crippen LogP contribution in [0.1, 0.15) is 6.42 Å². The molecule has 0 aromatic carbocycles. The zero-order valence-corrected chi connectivity index (χ0v) is 17.1. The van der Waals surface area contributed by atoms with Gasteiger partial charge < -0.3 is 45.9 Å². The zero-order chi connectivity index (χ0) is 22.0. The van der Waals surface area contributed by atoms with Gasteiger partial charge in [0.2, 0.25) is 11.8 Å². The molecule has 29 heavy (non-hydrogen) atoms. The van der Waals surface area contributed by atoms with Crippen LogP contribution in [0.4, 0.5) is 0 Å². The Morgan fingerprint density at radius 3 is 2.52 bits per heavy atom. The van der Waals surface area contributed by atoms with Gasteiger partial charge in [-0.3, -0.25) is 9.59 Å². The number of aliphatic carboxylic acids is 1. The summed E-state index contributed by atoms with van der Waals surface area (Å²) in [7, 11) is 1.49. The van der Waals surface area contributed by atoms with Gasteiger partial charge in [0.1, 0.15) is 30.9 Å². The number of hydrogen-bond acceptors (Lipinski definition) is 10. The van der Waals surface area contributed by atoms with Crippen molar-refractivity contribution in [3.63, 3.8) is 0 Å². The van der Waals surface area contributed by atoms with Gasteiger partial charge in [-0.15, -0.1) is 0 Å². The summed E-state index contributed by atoms with van der Waals surface area (Å²) in [4.78, 5) is 35.3. The summed E-state index contributed by atoms with van der Waals surface area (Å²) in [6, 6.07) is -1.90. The highest BCUT2D eigenvalue weighted by Gasteiger charge is 2.37. The van der Waals surface area contributed by atoms with E-state index in [2.05, 4.69) is 16.0 Å². The van der Waals surface area contributed by atoms with E-state index in [9.17, 15) is 24.6 Å². The van der Waals surface area contributed by atoms with Crippen LogP contribution in [-0.2, 0) is 23.9 Å². The van der Waals surface area contributed by atoms with E-state index in [1.54, 1.807) is 6.26 Å². The first-order chi connectivity index (χ1) is 13.7. The highest BCUT2D eigenvalue weighted by molar-refractivity contribution is 7.98. The summed E-state index contributed by atoms with van der Waals surface area (Å²) in [5, 5.41) is 45.1. The van der Waals surface area contributed by atoms with Crippen molar-refractivity contribution in [3.8, 4) is 0 Å².